The summed E-state index contributed by atoms with van der Waals surface area (Å²) in [5.74, 6) is -0.863. The van der Waals surface area contributed by atoms with Crippen molar-refractivity contribution in [3.8, 4) is 0 Å². The molecule has 3 N–H and O–H groups in total. The number of hydrogen-bond donors (Lipinski definition) is 3. The van der Waals surface area contributed by atoms with Gasteiger partial charge in [-0.2, -0.15) is 0 Å². The minimum absolute atomic E-state index is 0.0623. The average Bonchev–Trinajstić information content (AvgIpc) is 3.30. The third-order valence-corrected chi connectivity index (χ3v) is 8.00. The van der Waals surface area contributed by atoms with E-state index < -0.39 is 35.7 Å². The predicted octanol–water partition coefficient (Wildman–Crippen LogP) is 2.27. The van der Waals surface area contributed by atoms with Crippen LogP contribution in [-0.4, -0.2) is 83.5 Å². The number of fused-ring (bicyclic) bond motifs is 2. The van der Waals surface area contributed by atoms with E-state index in [-0.39, 0.29) is 30.4 Å². The lowest BCUT2D eigenvalue weighted by Crippen LogP contribution is -2.61. The van der Waals surface area contributed by atoms with Crippen LogP contribution in [-0.2, 0) is 25.5 Å². The zero-order valence-electron chi connectivity index (χ0n) is 23.8. The van der Waals surface area contributed by atoms with Gasteiger partial charge in [-0.25, -0.2) is 4.79 Å². The van der Waals surface area contributed by atoms with E-state index in [1.807, 2.05) is 12.1 Å². The molecule has 1 aliphatic carbocycles. The van der Waals surface area contributed by atoms with E-state index >= 15 is 0 Å². The second-order valence-electron chi connectivity index (χ2n) is 12.0. The number of hydrogen-bond acceptors (Lipinski definition) is 6. The third-order valence-electron chi connectivity index (χ3n) is 8.00. The molecule has 2 fully saturated rings. The summed E-state index contributed by atoms with van der Waals surface area (Å²) in [6.07, 6.45) is 4.36. The Labute approximate surface area is 231 Å². The highest BCUT2D eigenvalue weighted by molar-refractivity contribution is 5.94. The van der Waals surface area contributed by atoms with Gasteiger partial charge in [0.1, 0.15) is 23.7 Å². The summed E-state index contributed by atoms with van der Waals surface area (Å²) in [5.41, 5.74) is 1.73. The SMILES string of the molecule is C[C@@H](C(=O)N[C@H]1CNCC[C@H]2CC[C@@H](C(=O)NC3CCCc4ccccc43)N2C1=O)N(C)C(=O)OC(C)(C)C. The molecule has 3 aliphatic rings. The van der Waals surface area contributed by atoms with Crippen LogP contribution >= 0.6 is 0 Å². The smallest absolute Gasteiger partial charge is 0.410 e. The lowest BCUT2D eigenvalue weighted by Gasteiger charge is -2.37. The Morgan fingerprint density at radius 3 is 2.56 bits per heavy atom. The molecule has 4 amide bonds. The van der Waals surface area contributed by atoms with Crippen molar-refractivity contribution in [1.29, 1.82) is 0 Å². The van der Waals surface area contributed by atoms with Crippen molar-refractivity contribution in [2.45, 2.75) is 102 Å². The van der Waals surface area contributed by atoms with Gasteiger partial charge in [0, 0.05) is 19.6 Å². The quantitative estimate of drug-likeness (QED) is 0.526. The van der Waals surface area contributed by atoms with Crippen LogP contribution < -0.4 is 16.0 Å². The lowest BCUT2D eigenvalue weighted by molar-refractivity contribution is -0.144. The van der Waals surface area contributed by atoms with Gasteiger partial charge < -0.3 is 25.6 Å². The summed E-state index contributed by atoms with van der Waals surface area (Å²) < 4.78 is 5.37. The van der Waals surface area contributed by atoms with Crippen molar-refractivity contribution in [2.24, 2.45) is 0 Å². The van der Waals surface area contributed by atoms with Gasteiger partial charge in [0.2, 0.25) is 17.7 Å². The molecular weight excluding hydrogens is 498 g/mol. The zero-order valence-corrected chi connectivity index (χ0v) is 23.8. The van der Waals surface area contributed by atoms with Gasteiger partial charge in [-0.15, -0.1) is 0 Å². The van der Waals surface area contributed by atoms with Crippen molar-refractivity contribution >= 4 is 23.8 Å². The van der Waals surface area contributed by atoms with E-state index in [0.717, 1.165) is 37.7 Å². The highest BCUT2D eigenvalue weighted by Crippen LogP contribution is 2.32. The topological polar surface area (TPSA) is 120 Å². The molecule has 214 valence electrons. The van der Waals surface area contributed by atoms with Gasteiger partial charge in [0.25, 0.3) is 0 Å². The van der Waals surface area contributed by atoms with E-state index in [0.29, 0.717) is 13.0 Å². The number of ether oxygens (including phenoxy) is 1. The summed E-state index contributed by atoms with van der Waals surface area (Å²) in [4.78, 5) is 55.9. The maximum atomic E-state index is 13.8. The number of likely N-dealkylation sites (N-methyl/N-ethyl adjacent to an activating group) is 1. The maximum absolute atomic E-state index is 13.8. The molecule has 39 heavy (non-hydrogen) atoms. The number of nitrogens with zero attached hydrogens (tertiary/aromatic N) is 2. The minimum Gasteiger partial charge on any atom is -0.444 e. The molecule has 0 bridgehead atoms. The molecular formula is C29H43N5O5. The number of nitrogens with one attached hydrogen (secondary N) is 3. The molecule has 2 heterocycles. The van der Waals surface area contributed by atoms with Crippen molar-refractivity contribution in [3.05, 3.63) is 35.4 Å². The first kappa shape index (κ1) is 28.9. The van der Waals surface area contributed by atoms with Crippen LogP contribution in [0, 0.1) is 0 Å². The maximum Gasteiger partial charge on any atom is 0.410 e. The zero-order chi connectivity index (χ0) is 28.3. The first-order chi connectivity index (χ1) is 18.5. The molecule has 1 unspecified atom stereocenters. The first-order valence-electron chi connectivity index (χ1n) is 14.1. The molecule has 1 aromatic rings. The van der Waals surface area contributed by atoms with E-state index in [9.17, 15) is 19.2 Å². The van der Waals surface area contributed by atoms with E-state index in [4.69, 9.17) is 4.74 Å². The van der Waals surface area contributed by atoms with Gasteiger partial charge >= 0.3 is 6.09 Å². The summed E-state index contributed by atoms with van der Waals surface area (Å²) in [6, 6.07) is 5.81. The van der Waals surface area contributed by atoms with Crippen molar-refractivity contribution in [1.82, 2.24) is 25.8 Å². The molecule has 0 radical (unpaired) electrons. The van der Waals surface area contributed by atoms with Crippen LogP contribution in [0.1, 0.15) is 77.0 Å². The number of amides is 4. The average molecular weight is 542 g/mol. The van der Waals surface area contributed by atoms with Gasteiger partial charge in [0.15, 0.2) is 0 Å². The monoisotopic (exact) mass is 541 g/mol. The largest absolute Gasteiger partial charge is 0.444 e. The predicted molar refractivity (Wildman–Crippen MR) is 147 cm³/mol. The van der Waals surface area contributed by atoms with E-state index in [1.54, 1.807) is 32.6 Å². The molecule has 0 saturated carbocycles. The Kier molecular flexibility index (Phi) is 8.83. The fourth-order valence-electron chi connectivity index (χ4n) is 5.78. The highest BCUT2D eigenvalue weighted by atomic mass is 16.6. The van der Waals surface area contributed by atoms with Crippen molar-refractivity contribution < 1.29 is 23.9 Å². The van der Waals surface area contributed by atoms with Gasteiger partial charge in [-0.3, -0.25) is 19.3 Å². The van der Waals surface area contributed by atoms with Crippen LogP contribution in [0.2, 0.25) is 0 Å². The molecule has 0 spiro atoms. The van der Waals surface area contributed by atoms with E-state index in [1.165, 1.54) is 17.5 Å². The normalized spacial score (nSPS) is 25.9. The van der Waals surface area contributed by atoms with Crippen molar-refractivity contribution in [3.63, 3.8) is 0 Å². The molecule has 5 atom stereocenters. The summed E-state index contributed by atoms with van der Waals surface area (Å²) in [7, 11) is 1.50. The van der Waals surface area contributed by atoms with Crippen LogP contribution in [0.5, 0.6) is 0 Å². The van der Waals surface area contributed by atoms with Gasteiger partial charge in [-0.05, 0) is 83.9 Å². The number of carbonyl (C=O) groups excluding carboxylic acids is 4. The Hall–Kier alpha value is -3.14. The molecule has 2 aliphatic heterocycles. The van der Waals surface area contributed by atoms with Gasteiger partial charge in [0.05, 0.1) is 6.04 Å². The summed E-state index contributed by atoms with van der Waals surface area (Å²) >= 11 is 0. The molecule has 10 nitrogen and oxygen atoms in total. The second kappa shape index (κ2) is 11.9. The molecule has 0 aromatic heterocycles. The number of benzene rings is 1. The Bertz CT molecular complexity index is 1090. The van der Waals surface area contributed by atoms with Gasteiger partial charge in [-0.1, -0.05) is 24.3 Å². The minimum atomic E-state index is -0.849. The Morgan fingerprint density at radius 2 is 1.82 bits per heavy atom. The Balaban J connectivity index is 1.44. The first-order valence-corrected chi connectivity index (χ1v) is 14.1. The highest BCUT2D eigenvalue weighted by Gasteiger charge is 2.44. The third kappa shape index (κ3) is 6.72. The van der Waals surface area contributed by atoms with Crippen LogP contribution in [0.25, 0.3) is 0 Å². The number of rotatable bonds is 5. The fourth-order valence-corrected chi connectivity index (χ4v) is 5.78. The van der Waals surface area contributed by atoms with Crippen LogP contribution in [0.3, 0.4) is 0 Å². The lowest BCUT2D eigenvalue weighted by atomic mass is 9.87. The summed E-state index contributed by atoms with van der Waals surface area (Å²) in [6.45, 7) is 7.80. The summed E-state index contributed by atoms with van der Waals surface area (Å²) in [5, 5.41) is 9.32. The molecule has 10 heteroatoms. The number of aryl methyl sites for hydroxylation is 1. The second-order valence-corrected chi connectivity index (χ2v) is 12.0. The van der Waals surface area contributed by atoms with Crippen LogP contribution in [0.15, 0.2) is 24.3 Å². The van der Waals surface area contributed by atoms with Crippen LogP contribution in [0.4, 0.5) is 4.79 Å². The molecule has 2 saturated heterocycles. The molecule has 1 aromatic carbocycles. The van der Waals surface area contributed by atoms with E-state index in [2.05, 4.69) is 28.1 Å². The molecule has 4 rings (SSSR count). The standard InChI is InChI=1S/C29H43N5O5/c1-18(33(5)28(38)39-29(2,3)4)25(35)32-23-17-30-16-15-20-13-14-24(34(20)27(23)37)26(36)31-22-12-8-10-19-9-6-7-11-21(19)22/h6-7,9,11,18,20,22-24,30H,8,10,12-17H2,1-5H3,(H,31,36)(H,32,35)/t18-,20+,22?,23-,24-/m0/s1. The Morgan fingerprint density at radius 1 is 1.08 bits per heavy atom. The fraction of sp³-hybridized carbons (Fsp3) is 0.655. The van der Waals surface area contributed by atoms with Crippen molar-refractivity contribution in [2.75, 3.05) is 20.1 Å². The number of carbonyl (C=O) groups is 4.